The van der Waals surface area contributed by atoms with E-state index in [9.17, 15) is 4.79 Å². The summed E-state index contributed by atoms with van der Waals surface area (Å²) in [6.45, 7) is 0.0485. The third-order valence-electron chi connectivity index (χ3n) is 3.78. The van der Waals surface area contributed by atoms with Gasteiger partial charge in [-0.15, -0.1) is 0 Å². The lowest BCUT2D eigenvalue weighted by Crippen LogP contribution is -2.31. The quantitative estimate of drug-likeness (QED) is 0.618. The van der Waals surface area contributed by atoms with E-state index < -0.39 is 0 Å². The van der Waals surface area contributed by atoms with Crippen molar-refractivity contribution >= 4 is 17.5 Å². The number of methoxy groups -OCH3 is 1. The van der Waals surface area contributed by atoms with Crippen LogP contribution in [0.4, 0.5) is 0 Å². The van der Waals surface area contributed by atoms with Gasteiger partial charge in [-0.05, 0) is 24.3 Å². The van der Waals surface area contributed by atoms with Crippen molar-refractivity contribution < 1.29 is 18.8 Å². The van der Waals surface area contributed by atoms with E-state index >= 15 is 0 Å². The summed E-state index contributed by atoms with van der Waals surface area (Å²) >= 11 is 6.13. The zero-order valence-corrected chi connectivity index (χ0v) is 15.6. The molecule has 0 aliphatic rings. The van der Waals surface area contributed by atoms with Crippen LogP contribution in [0.2, 0.25) is 5.02 Å². The van der Waals surface area contributed by atoms with E-state index in [0.29, 0.717) is 33.8 Å². The molecule has 3 rings (SSSR count). The molecular formula is C19H18ClN3O4. The maximum atomic E-state index is 12.3. The Hall–Kier alpha value is -3.06. The lowest BCUT2D eigenvalue weighted by molar-refractivity contribution is -0.132. The fourth-order valence-electron chi connectivity index (χ4n) is 2.31. The Kier molecular flexibility index (Phi) is 5.93. The standard InChI is InChI=1S/C19H18ClN3O4/c1-23(18(24)12-26-14-7-5-6-13(10-14)25-2)11-17-21-19(22-27-17)15-8-3-4-9-16(15)20/h3-10H,11-12H2,1-2H3. The van der Waals surface area contributed by atoms with Gasteiger partial charge in [0, 0.05) is 18.7 Å². The number of carbonyl (C=O) groups is 1. The Balaban J connectivity index is 1.57. The SMILES string of the molecule is COc1cccc(OCC(=O)N(C)Cc2nc(-c3ccccc3Cl)no2)c1. The normalized spacial score (nSPS) is 10.5. The van der Waals surface area contributed by atoms with Crippen LogP contribution in [0.3, 0.4) is 0 Å². The highest BCUT2D eigenvalue weighted by molar-refractivity contribution is 6.33. The summed E-state index contributed by atoms with van der Waals surface area (Å²) in [6, 6.07) is 14.3. The first kappa shape index (κ1) is 18.7. The van der Waals surface area contributed by atoms with Crippen LogP contribution in [-0.2, 0) is 11.3 Å². The molecule has 3 aromatic rings. The molecule has 0 saturated heterocycles. The summed E-state index contributed by atoms with van der Waals surface area (Å²) in [5.41, 5.74) is 0.671. The second-order valence-electron chi connectivity index (χ2n) is 5.71. The van der Waals surface area contributed by atoms with Gasteiger partial charge in [-0.3, -0.25) is 4.79 Å². The molecule has 8 heteroatoms. The molecule has 1 amide bonds. The molecule has 1 heterocycles. The van der Waals surface area contributed by atoms with E-state index in [0.717, 1.165) is 0 Å². The zero-order chi connectivity index (χ0) is 19.2. The van der Waals surface area contributed by atoms with Gasteiger partial charge in [0.05, 0.1) is 18.7 Å². The van der Waals surface area contributed by atoms with Crippen LogP contribution in [0.15, 0.2) is 53.1 Å². The minimum absolute atomic E-state index is 0.116. The highest BCUT2D eigenvalue weighted by Gasteiger charge is 2.16. The zero-order valence-electron chi connectivity index (χ0n) is 14.9. The van der Waals surface area contributed by atoms with E-state index in [1.165, 1.54) is 4.90 Å². The highest BCUT2D eigenvalue weighted by Crippen LogP contribution is 2.25. The van der Waals surface area contributed by atoms with Crippen LogP contribution >= 0.6 is 11.6 Å². The largest absolute Gasteiger partial charge is 0.497 e. The van der Waals surface area contributed by atoms with E-state index in [-0.39, 0.29) is 19.1 Å². The smallest absolute Gasteiger partial charge is 0.260 e. The molecule has 27 heavy (non-hydrogen) atoms. The van der Waals surface area contributed by atoms with Gasteiger partial charge in [0.1, 0.15) is 11.5 Å². The average Bonchev–Trinajstić information content (AvgIpc) is 3.14. The first-order valence-electron chi connectivity index (χ1n) is 8.15. The van der Waals surface area contributed by atoms with E-state index in [1.54, 1.807) is 50.6 Å². The lowest BCUT2D eigenvalue weighted by atomic mass is 10.2. The second-order valence-corrected chi connectivity index (χ2v) is 6.12. The third kappa shape index (κ3) is 4.77. The van der Waals surface area contributed by atoms with Crippen LogP contribution in [0, 0.1) is 0 Å². The molecule has 1 aromatic heterocycles. The van der Waals surface area contributed by atoms with Crippen LogP contribution < -0.4 is 9.47 Å². The molecule has 0 N–H and O–H groups in total. The first-order valence-corrected chi connectivity index (χ1v) is 8.53. The molecule has 0 aliphatic heterocycles. The van der Waals surface area contributed by atoms with E-state index in [1.807, 2.05) is 12.1 Å². The van der Waals surface area contributed by atoms with Crippen molar-refractivity contribution in [1.82, 2.24) is 15.0 Å². The maximum absolute atomic E-state index is 12.3. The Labute approximate surface area is 161 Å². The van der Waals surface area contributed by atoms with Gasteiger partial charge in [-0.25, -0.2) is 0 Å². The van der Waals surface area contributed by atoms with Gasteiger partial charge in [-0.1, -0.05) is 35.0 Å². The average molecular weight is 388 g/mol. The fraction of sp³-hybridized carbons (Fsp3) is 0.211. The van der Waals surface area contributed by atoms with Crippen molar-refractivity contribution in [3.05, 3.63) is 59.4 Å². The van der Waals surface area contributed by atoms with Crippen molar-refractivity contribution in [2.45, 2.75) is 6.54 Å². The minimum Gasteiger partial charge on any atom is -0.497 e. The number of carbonyl (C=O) groups excluding carboxylic acids is 1. The number of rotatable bonds is 7. The maximum Gasteiger partial charge on any atom is 0.260 e. The Morgan fingerprint density at radius 3 is 2.74 bits per heavy atom. The summed E-state index contributed by atoms with van der Waals surface area (Å²) < 4.78 is 15.8. The number of likely N-dealkylation sites (N-methyl/N-ethyl adjacent to an activating group) is 1. The molecule has 0 aliphatic carbocycles. The second kappa shape index (κ2) is 8.55. The molecule has 0 atom stereocenters. The van der Waals surface area contributed by atoms with Crippen molar-refractivity contribution in [2.75, 3.05) is 20.8 Å². The lowest BCUT2D eigenvalue weighted by Gasteiger charge is -2.15. The van der Waals surface area contributed by atoms with E-state index in [4.69, 9.17) is 25.6 Å². The molecule has 0 spiro atoms. The van der Waals surface area contributed by atoms with Crippen molar-refractivity contribution in [1.29, 1.82) is 0 Å². The molecule has 7 nitrogen and oxygen atoms in total. The van der Waals surface area contributed by atoms with Crippen LogP contribution in [0.1, 0.15) is 5.89 Å². The molecule has 0 unspecified atom stereocenters. The topological polar surface area (TPSA) is 77.7 Å². The van der Waals surface area contributed by atoms with Crippen LogP contribution in [-0.4, -0.2) is 41.7 Å². The van der Waals surface area contributed by atoms with Gasteiger partial charge in [0.25, 0.3) is 5.91 Å². The summed E-state index contributed by atoms with van der Waals surface area (Å²) in [7, 11) is 3.20. The third-order valence-corrected chi connectivity index (χ3v) is 4.11. The monoisotopic (exact) mass is 387 g/mol. The van der Waals surface area contributed by atoms with Gasteiger partial charge in [0.2, 0.25) is 11.7 Å². The number of nitrogens with zero attached hydrogens (tertiary/aromatic N) is 3. The number of hydrogen-bond donors (Lipinski definition) is 0. The van der Waals surface area contributed by atoms with Crippen LogP contribution in [0.5, 0.6) is 11.5 Å². The molecule has 2 aromatic carbocycles. The summed E-state index contributed by atoms with van der Waals surface area (Å²) in [5, 5.41) is 4.45. The van der Waals surface area contributed by atoms with Crippen LogP contribution in [0.25, 0.3) is 11.4 Å². The molecule has 140 valence electrons. The molecular weight excluding hydrogens is 370 g/mol. The molecule has 0 saturated carbocycles. The number of aromatic nitrogens is 2. The summed E-state index contributed by atoms with van der Waals surface area (Å²) in [6.07, 6.45) is 0. The fourth-order valence-corrected chi connectivity index (χ4v) is 2.53. The first-order chi connectivity index (χ1) is 13.1. The molecule has 0 fully saturated rings. The van der Waals surface area contributed by atoms with Gasteiger partial charge in [0.15, 0.2) is 6.61 Å². The Bertz CT molecular complexity index is 929. The number of halogens is 1. The highest BCUT2D eigenvalue weighted by atomic mass is 35.5. The van der Waals surface area contributed by atoms with Crippen molar-refractivity contribution in [3.63, 3.8) is 0 Å². The predicted molar refractivity (Wildman–Crippen MR) is 99.7 cm³/mol. The Morgan fingerprint density at radius 1 is 1.19 bits per heavy atom. The minimum atomic E-state index is -0.227. The Morgan fingerprint density at radius 2 is 1.96 bits per heavy atom. The van der Waals surface area contributed by atoms with E-state index in [2.05, 4.69) is 10.1 Å². The van der Waals surface area contributed by atoms with Crippen molar-refractivity contribution in [2.24, 2.45) is 0 Å². The summed E-state index contributed by atoms with van der Waals surface area (Å²) in [4.78, 5) is 18.0. The number of amides is 1. The number of benzene rings is 2. The van der Waals surface area contributed by atoms with Gasteiger partial charge in [-0.2, -0.15) is 4.98 Å². The molecule has 0 bridgehead atoms. The summed E-state index contributed by atoms with van der Waals surface area (Å²) in [5.74, 6) is 1.67. The van der Waals surface area contributed by atoms with Gasteiger partial charge < -0.3 is 18.9 Å². The van der Waals surface area contributed by atoms with Gasteiger partial charge >= 0.3 is 0 Å². The number of hydrogen-bond acceptors (Lipinski definition) is 6. The predicted octanol–water partition coefficient (Wildman–Crippen LogP) is 3.44. The van der Waals surface area contributed by atoms with Crippen molar-refractivity contribution in [3.8, 4) is 22.9 Å². The molecule has 0 radical (unpaired) electrons. The number of ether oxygens (including phenoxy) is 2.